The summed E-state index contributed by atoms with van der Waals surface area (Å²) in [6, 6.07) is 9.63. The summed E-state index contributed by atoms with van der Waals surface area (Å²) in [6.07, 6.45) is 0. The van der Waals surface area contributed by atoms with Crippen molar-refractivity contribution in [2.45, 2.75) is 52.1 Å². The molecule has 1 aliphatic rings. The van der Waals surface area contributed by atoms with Crippen LogP contribution in [-0.4, -0.2) is 24.7 Å². The van der Waals surface area contributed by atoms with Crippen molar-refractivity contribution >= 4 is 5.69 Å². The van der Waals surface area contributed by atoms with Crippen LogP contribution in [-0.2, 0) is 0 Å². The molecule has 1 aromatic carbocycles. The van der Waals surface area contributed by atoms with E-state index in [1.54, 1.807) is 0 Å². The molecular formula is C16H26N2. The van der Waals surface area contributed by atoms with Crippen molar-refractivity contribution in [3.05, 3.63) is 29.8 Å². The van der Waals surface area contributed by atoms with Gasteiger partial charge in [-0.25, -0.2) is 0 Å². The van der Waals surface area contributed by atoms with Crippen LogP contribution >= 0.6 is 0 Å². The van der Waals surface area contributed by atoms with E-state index in [4.69, 9.17) is 0 Å². The molecule has 100 valence electrons. The fourth-order valence-electron chi connectivity index (χ4n) is 2.98. The average molecular weight is 246 g/mol. The number of rotatable bonds is 2. The molecule has 0 aliphatic carbocycles. The van der Waals surface area contributed by atoms with Crippen LogP contribution in [0.3, 0.4) is 0 Å². The Morgan fingerprint density at radius 2 is 1.83 bits per heavy atom. The molecule has 0 saturated carbocycles. The van der Waals surface area contributed by atoms with Crippen molar-refractivity contribution in [3.8, 4) is 0 Å². The van der Waals surface area contributed by atoms with Crippen LogP contribution < -0.4 is 10.2 Å². The SMILES string of the molecule is CC(C)c1ccc(N2C(C)CNCC2(C)C)cc1. The predicted molar refractivity (Wildman–Crippen MR) is 79.4 cm³/mol. The number of piperazine rings is 1. The highest BCUT2D eigenvalue weighted by atomic mass is 15.3. The van der Waals surface area contributed by atoms with Crippen molar-refractivity contribution in [2.75, 3.05) is 18.0 Å². The maximum atomic E-state index is 3.51. The smallest absolute Gasteiger partial charge is 0.0473 e. The van der Waals surface area contributed by atoms with Crippen LogP contribution in [0, 0.1) is 0 Å². The third kappa shape index (κ3) is 2.54. The van der Waals surface area contributed by atoms with E-state index in [2.05, 4.69) is 69.1 Å². The Kier molecular flexibility index (Phi) is 3.67. The Morgan fingerprint density at radius 3 is 2.33 bits per heavy atom. The molecule has 1 N–H and O–H groups in total. The van der Waals surface area contributed by atoms with Crippen LogP contribution in [0.1, 0.15) is 46.1 Å². The van der Waals surface area contributed by atoms with Gasteiger partial charge < -0.3 is 10.2 Å². The quantitative estimate of drug-likeness (QED) is 0.860. The lowest BCUT2D eigenvalue weighted by Crippen LogP contribution is -2.62. The van der Waals surface area contributed by atoms with Crippen molar-refractivity contribution in [2.24, 2.45) is 0 Å². The first-order valence-corrected chi connectivity index (χ1v) is 7.02. The first-order valence-electron chi connectivity index (χ1n) is 7.02. The second kappa shape index (κ2) is 4.93. The molecule has 1 heterocycles. The van der Waals surface area contributed by atoms with Crippen LogP contribution in [0.15, 0.2) is 24.3 Å². The third-order valence-corrected chi connectivity index (χ3v) is 3.93. The highest BCUT2D eigenvalue weighted by Gasteiger charge is 2.34. The van der Waals surface area contributed by atoms with Crippen molar-refractivity contribution in [3.63, 3.8) is 0 Å². The summed E-state index contributed by atoms with van der Waals surface area (Å²) >= 11 is 0. The van der Waals surface area contributed by atoms with E-state index in [0.717, 1.165) is 13.1 Å². The number of nitrogens with one attached hydrogen (secondary N) is 1. The Morgan fingerprint density at radius 1 is 1.22 bits per heavy atom. The van der Waals surface area contributed by atoms with Gasteiger partial charge in [0.2, 0.25) is 0 Å². The Balaban J connectivity index is 2.28. The van der Waals surface area contributed by atoms with Crippen LogP contribution in [0.2, 0.25) is 0 Å². The lowest BCUT2D eigenvalue weighted by molar-refractivity contribution is 0.334. The van der Waals surface area contributed by atoms with Gasteiger partial charge >= 0.3 is 0 Å². The van der Waals surface area contributed by atoms with Gasteiger partial charge in [-0.05, 0) is 44.4 Å². The Hall–Kier alpha value is -1.02. The molecule has 2 heteroatoms. The predicted octanol–water partition coefficient (Wildman–Crippen LogP) is 3.39. The molecule has 0 amide bonds. The minimum absolute atomic E-state index is 0.178. The van der Waals surface area contributed by atoms with Gasteiger partial charge in [-0.2, -0.15) is 0 Å². The molecule has 0 radical (unpaired) electrons. The molecule has 0 bridgehead atoms. The van der Waals surface area contributed by atoms with Crippen LogP contribution in [0.4, 0.5) is 5.69 Å². The Bertz CT molecular complexity index is 392. The zero-order chi connectivity index (χ0) is 13.3. The van der Waals surface area contributed by atoms with E-state index in [0.29, 0.717) is 12.0 Å². The highest BCUT2D eigenvalue weighted by molar-refractivity contribution is 5.52. The van der Waals surface area contributed by atoms with Crippen LogP contribution in [0.5, 0.6) is 0 Å². The molecule has 2 nitrogen and oxygen atoms in total. The van der Waals surface area contributed by atoms with Gasteiger partial charge in [-0.1, -0.05) is 26.0 Å². The summed E-state index contributed by atoms with van der Waals surface area (Å²) < 4.78 is 0. The first kappa shape index (κ1) is 13.4. The lowest BCUT2D eigenvalue weighted by Gasteiger charge is -2.48. The molecule has 1 saturated heterocycles. The molecule has 1 aliphatic heterocycles. The van der Waals surface area contributed by atoms with Gasteiger partial charge in [0.25, 0.3) is 0 Å². The summed E-state index contributed by atoms with van der Waals surface area (Å²) in [6.45, 7) is 13.5. The number of benzene rings is 1. The van der Waals surface area contributed by atoms with E-state index in [9.17, 15) is 0 Å². The highest BCUT2D eigenvalue weighted by Crippen LogP contribution is 2.29. The molecule has 0 aromatic heterocycles. The van der Waals surface area contributed by atoms with E-state index < -0.39 is 0 Å². The van der Waals surface area contributed by atoms with E-state index in [-0.39, 0.29) is 5.54 Å². The number of hydrogen-bond acceptors (Lipinski definition) is 2. The van der Waals surface area contributed by atoms with Gasteiger partial charge in [0.15, 0.2) is 0 Å². The van der Waals surface area contributed by atoms with Crippen molar-refractivity contribution in [1.82, 2.24) is 5.32 Å². The first-order chi connectivity index (χ1) is 8.42. The third-order valence-electron chi connectivity index (χ3n) is 3.93. The van der Waals surface area contributed by atoms with E-state index in [1.165, 1.54) is 11.3 Å². The van der Waals surface area contributed by atoms with Gasteiger partial charge in [0.1, 0.15) is 0 Å². The molecule has 1 aromatic rings. The molecule has 1 fully saturated rings. The molecule has 0 spiro atoms. The summed E-state index contributed by atoms with van der Waals surface area (Å²) in [5.74, 6) is 0.604. The molecule has 1 atom stereocenters. The average Bonchev–Trinajstić information content (AvgIpc) is 2.28. The molecule has 18 heavy (non-hydrogen) atoms. The number of hydrogen-bond donors (Lipinski definition) is 1. The summed E-state index contributed by atoms with van der Waals surface area (Å²) in [5.41, 5.74) is 2.94. The topological polar surface area (TPSA) is 15.3 Å². The van der Waals surface area contributed by atoms with Gasteiger partial charge in [-0.15, -0.1) is 0 Å². The second-order valence-corrected chi connectivity index (χ2v) is 6.41. The number of anilines is 1. The van der Waals surface area contributed by atoms with E-state index >= 15 is 0 Å². The zero-order valence-corrected chi connectivity index (χ0v) is 12.3. The fourth-order valence-corrected chi connectivity index (χ4v) is 2.98. The minimum Gasteiger partial charge on any atom is -0.361 e. The second-order valence-electron chi connectivity index (χ2n) is 6.41. The lowest BCUT2D eigenvalue weighted by atomic mass is 9.95. The molecule has 2 rings (SSSR count). The van der Waals surface area contributed by atoms with Crippen molar-refractivity contribution in [1.29, 1.82) is 0 Å². The van der Waals surface area contributed by atoms with Gasteiger partial charge in [-0.3, -0.25) is 0 Å². The summed E-state index contributed by atoms with van der Waals surface area (Å²) in [4.78, 5) is 2.55. The number of nitrogens with zero attached hydrogens (tertiary/aromatic N) is 1. The van der Waals surface area contributed by atoms with Crippen molar-refractivity contribution < 1.29 is 0 Å². The molecule has 1 unspecified atom stereocenters. The van der Waals surface area contributed by atoms with Gasteiger partial charge in [0.05, 0.1) is 0 Å². The van der Waals surface area contributed by atoms with Gasteiger partial charge in [0, 0.05) is 30.4 Å². The van der Waals surface area contributed by atoms with Crippen LogP contribution in [0.25, 0.3) is 0 Å². The van der Waals surface area contributed by atoms with E-state index in [1.807, 2.05) is 0 Å². The normalized spacial score (nSPS) is 23.4. The Labute approximate surface area is 111 Å². The monoisotopic (exact) mass is 246 g/mol. The minimum atomic E-state index is 0.178. The largest absolute Gasteiger partial charge is 0.361 e. The maximum Gasteiger partial charge on any atom is 0.0473 e. The summed E-state index contributed by atoms with van der Waals surface area (Å²) in [7, 11) is 0. The maximum absolute atomic E-state index is 3.51. The summed E-state index contributed by atoms with van der Waals surface area (Å²) in [5, 5.41) is 3.51. The molecular weight excluding hydrogens is 220 g/mol. The fraction of sp³-hybridized carbons (Fsp3) is 0.625. The zero-order valence-electron chi connectivity index (χ0n) is 12.3. The standard InChI is InChI=1S/C16H26N2/c1-12(2)14-6-8-15(9-7-14)18-13(3)10-17-11-16(18,4)5/h6-9,12-13,17H,10-11H2,1-5H3.